The fraction of sp³-hybridized carbons (Fsp3) is 0.556. The van der Waals surface area contributed by atoms with Gasteiger partial charge in [0.2, 0.25) is 12.1 Å². The second-order valence-corrected chi connectivity index (χ2v) is 11.0. The van der Waals surface area contributed by atoms with E-state index in [4.69, 9.17) is 4.99 Å². The Bertz CT molecular complexity index is 1080. The number of thiazole rings is 1. The van der Waals surface area contributed by atoms with Gasteiger partial charge >= 0.3 is 0 Å². The number of aliphatic imine (C=N–C) groups is 1. The summed E-state index contributed by atoms with van der Waals surface area (Å²) in [5.74, 6) is -0.0705. The average molecular weight is 495 g/mol. The molecule has 8 heteroatoms. The number of fused-ring (bicyclic) bond motifs is 1. The molecule has 2 N–H and O–H groups in total. The first-order valence-corrected chi connectivity index (χ1v) is 13.8. The summed E-state index contributed by atoms with van der Waals surface area (Å²) in [6, 6.07) is 7.79. The van der Waals surface area contributed by atoms with E-state index in [2.05, 4.69) is 17.2 Å². The molecule has 0 spiro atoms. The van der Waals surface area contributed by atoms with E-state index < -0.39 is 18.2 Å². The number of hydrogen-bond acceptors (Lipinski definition) is 6. The van der Waals surface area contributed by atoms with Crippen LogP contribution in [0.2, 0.25) is 0 Å². The molecule has 0 radical (unpaired) electrons. The van der Waals surface area contributed by atoms with Crippen molar-refractivity contribution < 1.29 is 14.7 Å². The lowest BCUT2D eigenvalue weighted by Gasteiger charge is -2.27. The fourth-order valence-electron chi connectivity index (χ4n) is 4.79. The SMILES string of the molecule is CCCC[C@H](O)[C@H](CC1CC1)C(=O)NC1N=C(c2nccs2)c2ccccc2N(CC2CC2)C1=O. The van der Waals surface area contributed by atoms with E-state index in [-0.39, 0.29) is 11.8 Å². The van der Waals surface area contributed by atoms with Crippen molar-refractivity contribution in [3.63, 3.8) is 0 Å². The van der Waals surface area contributed by atoms with Gasteiger partial charge in [-0.1, -0.05) is 50.8 Å². The van der Waals surface area contributed by atoms with E-state index in [0.717, 1.165) is 54.8 Å². The molecule has 2 aromatic rings. The van der Waals surface area contributed by atoms with Crippen LogP contribution in [0.5, 0.6) is 0 Å². The van der Waals surface area contributed by atoms with E-state index >= 15 is 0 Å². The summed E-state index contributed by atoms with van der Waals surface area (Å²) in [5, 5.41) is 16.4. The summed E-state index contributed by atoms with van der Waals surface area (Å²) < 4.78 is 0. The summed E-state index contributed by atoms with van der Waals surface area (Å²) in [6.45, 7) is 2.70. The maximum Gasteiger partial charge on any atom is 0.272 e. The van der Waals surface area contributed by atoms with Crippen LogP contribution in [-0.4, -0.2) is 46.4 Å². The van der Waals surface area contributed by atoms with Gasteiger partial charge in [0.15, 0.2) is 0 Å². The number of unbranched alkanes of at least 4 members (excludes halogenated alkanes) is 1. The molecule has 0 bridgehead atoms. The number of benzodiazepines with no additional fused rings is 1. The van der Waals surface area contributed by atoms with Crippen molar-refractivity contribution in [2.75, 3.05) is 11.4 Å². The van der Waals surface area contributed by atoms with Crippen LogP contribution in [0.4, 0.5) is 5.69 Å². The molecule has 2 amide bonds. The number of nitrogens with zero attached hydrogens (tertiary/aromatic N) is 3. The Hall–Kier alpha value is -2.58. The van der Waals surface area contributed by atoms with Gasteiger partial charge in [0.1, 0.15) is 10.7 Å². The van der Waals surface area contributed by atoms with E-state index in [9.17, 15) is 14.7 Å². The quantitative estimate of drug-likeness (QED) is 0.491. The van der Waals surface area contributed by atoms with Crippen molar-refractivity contribution in [2.24, 2.45) is 22.7 Å². The maximum absolute atomic E-state index is 13.8. The number of aliphatic hydroxyl groups is 1. The molecule has 3 atom stereocenters. The molecule has 2 heterocycles. The number of para-hydroxylation sites is 1. The number of aliphatic hydroxyl groups excluding tert-OH is 1. The predicted molar refractivity (Wildman–Crippen MR) is 138 cm³/mol. The molecule has 2 aliphatic carbocycles. The number of carbonyl (C=O) groups excluding carboxylic acids is 2. The second kappa shape index (κ2) is 10.6. The molecule has 1 aromatic heterocycles. The Kier molecular flexibility index (Phi) is 7.29. The topological polar surface area (TPSA) is 94.9 Å². The van der Waals surface area contributed by atoms with Crippen molar-refractivity contribution in [1.82, 2.24) is 10.3 Å². The Morgan fingerprint density at radius 3 is 2.69 bits per heavy atom. The Labute approximate surface area is 210 Å². The molecule has 2 fully saturated rings. The van der Waals surface area contributed by atoms with Crippen LogP contribution in [0.1, 0.15) is 68.9 Å². The van der Waals surface area contributed by atoms with Gasteiger partial charge in [0.25, 0.3) is 5.91 Å². The van der Waals surface area contributed by atoms with Crippen LogP contribution in [-0.2, 0) is 9.59 Å². The molecule has 1 unspecified atom stereocenters. The van der Waals surface area contributed by atoms with Crippen molar-refractivity contribution in [3.05, 3.63) is 46.4 Å². The largest absolute Gasteiger partial charge is 0.392 e. The predicted octanol–water partition coefficient (Wildman–Crippen LogP) is 4.15. The second-order valence-electron chi connectivity index (χ2n) is 10.1. The highest BCUT2D eigenvalue weighted by molar-refractivity contribution is 7.12. The van der Waals surface area contributed by atoms with E-state index in [1.54, 1.807) is 11.1 Å². The Morgan fingerprint density at radius 1 is 1.23 bits per heavy atom. The first kappa shape index (κ1) is 24.1. The molecule has 5 rings (SSSR count). The van der Waals surface area contributed by atoms with Gasteiger partial charge in [0.05, 0.1) is 17.7 Å². The van der Waals surface area contributed by atoms with E-state index in [1.165, 1.54) is 11.3 Å². The van der Waals surface area contributed by atoms with Crippen molar-refractivity contribution >= 4 is 34.6 Å². The van der Waals surface area contributed by atoms with Gasteiger partial charge in [-0.2, -0.15) is 0 Å². The standard InChI is InChI=1S/C27H34N4O3S/c1-2-3-8-22(32)20(15-17-9-10-17)25(33)30-24-27(34)31(16-18-11-12-18)21-7-5-4-6-19(21)23(29-24)26-28-13-14-35-26/h4-7,13-14,17-18,20,22,24,32H,2-3,8-12,15-16H2,1H3,(H,30,33)/t20-,22-,24?/m0/s1. The van der Waals surface area contributed by atoms with Crippen LogP contribution in [0.15, 0.2) is 40.8 Å². The molecule has 0 saturated heterocycles. The highest BCUT2D eigenvalue weighted by Gasteiger charge is 2.39. The normalized spacial score (nSPS) is 21.7. The third-order valence-corrected chi connectivity index (χ3v) is 7.98. The first-order chi connectivity index (χ1) is 17.0. The first-order valence-electron chi connectivity index (χ1n) is 12.9. The maximum atomic E-state index is 13.8. The molecule has 35 heavy (non-hydrogen) atoms. The number of benzene rings is 1. The van der Waals surface area contributed by atoms with Gasteiger partial charge in [0, 0.05) is 23.7 Å². The lowest BCUT2D eigenvalue weighted by Crippen LogP contribution is -2.51. The number of carbonyl (C=O) groups is 2. The molecular formula is C27H34N4O3S. The minimum Gasteiger partial charge on any atom is -0.392 e. The molecule has 7 nitrogen and oxygen atoms in total. The Morgan fingerprint density at radius 2 is 2.00 bits per heavy atom. The molecule has 2 saturated carbocycles. The average Bonchev–Trinajstić information content (AvgIpc) is 3.80. The third kappa shape index (κ3) is 5.64. The van der Waals surface area contributed by atoms with Crippen LogP contribution < -0.4 is 10.2 Å². The molecule has 186 valence electrons. The number of nitrogens with one attached hydrogen (secondary N) is 1. The smallest absolute Gasteiger partial charge is 0.272 e. The van der Waals surface area contributed by atoms with Gasteiger partial charge in [-0.3, -0.25) is 9.59 Å². The summed E-state index contributed by atoms with van der Waals surface area (Å²) in [4.78, 5) is 38.4. The zero-order chi connectivity index (χ0) is 24.4. The lowest BCUT2D eigenvalue weighted by molar-refractivity contribution is -0.133. The molecule has 3 aliphatic rings. The summed E-state index contributed by atoms with van der Waals surface area (Å²) in [7, 11) is 0. The number of hydrogen-bond donors (Lipinski definition) is 2. The molecule has 1 aliphatic heterocycles. The van der Waals surface area contributed by atoms with Gasteiger partial charge in [-0.15, -0.1) is 11.3 Å². The van der Waals surface area contributed by atoms with Gasteiger partial charge in [-0.05, 0) is 43.6 Å². The number of amides is 2. The summed E-state index contributed by atoms with van der Waals surface area (Å²) in [6.07, 6.45) is 7.47. The zero-order valence-electron chi connectivity index (χ0n) is 20.2. The third-order valence-electron chi connectivity index (χ3n) is 7.20. The van der Waals surface area contributed by atoms with Crippen LogP contribution in [0, 0.1) is 17.8 Å². The lowest BCUT2D eigenvalue weighted by atomic mass is 9.91. The number of rotatable bonds is 11. The van der Waals surface area contributed by atoms with Gasteiger partial charge < -0.3 is 15.3 Å². The molecular weight excluding hydrogens is 460 g/mol. The fourth-order valence-corrected chi connectivity index (χ4v) is 5.44. The highest BCUT2D eigenvalue weighted by atomic mass is 32.1. The van der Waals surface area contributed by atoms with E-state index in [1.807, 2.05) is 29.6 Å². The van der Waals surface area contributed by atoms with Crippen molar-refractivity contribution in [1.29, 1.82) is 0 Å². The minimum atomic E-state index is -1.05. The molecule has 1 aromatic carbocycles. The van der Waals surface area contributed by atoms with Crippen LogP contribution in [0.3, 0.4) is 0 Å². The minimum absolute atomic E-state index is 0.225. The summed E-state index contributed by atoms with van der Waals surface area (Å²) >= 11 is 1.46. The van der Waals surface area contributed by atoms with Gasteiger partial charge in [-0.25, -0.2) is 9.98 Å². The monoisotopic (exact) mass is 494 g/mol. The zero-order valence-corrected chi connectivity index (χ0v) is 21.0. The van der Waals surface area contributed by atoms with E-state index in [0.29, 0.717) is 36.9 Å². The highest BCUT2D eigenvalue weighted by Crippen LogP contribution is 2.38. The number of anilines is 1. The van der Waals surface area contributed by atoms with Crippen LogP contribution >= 0.6 is 11.3 Å². The van der Waals surface area contributed by atoms with Crippen LogP contribution in [0.25, 0.3) is 0 Å². The summed E-state index contributed by atoms with van der Waals surface area (Å²) in [5.41, 5.74) is 2.29. The number of aromatic nitrogens is 1. The van der Waals surface area contributed by atoms with Crippen molar-refractivity contribution in [3.8, 4) is 0 Å². The Balaban J connectivity index is 1.47. The van der Waals surface area contributed by atoms with Crippen molar-refractivity contribution in [2.45, 2.75) is 70.6 Å².